The number of aromatic nitrogens is 3. The minimum atomic E-state index is 0.427. The first-order valence-electron chi connectivity index (χ1n) is 5.60. The zero-order chi connectivity index (χ0) is 13.0. The summed E-state index contributed by atoms with van der Waals surface area (Å²) in [4.78, 5) is 12.4. The highest BCUT2D eigenvalue weighted by molar-refractivity contribution is 6.32. The zero-order valence-corrected chi connectivity index (χ0v) is 11.0. The van der Waals surface area contributed by atoms with Crippen molar-refractivity contribution in [3.05, 3.63) is 29.1 Å². The van der Waals surface area contributed by atoms with Gasteiger partial charge in [-0.1, -0.05) is 11.6 Å². The van der Waals surface area contributed by atoms with Gasteiger partial charge in [-0.2, -0.15) is 4.98 Å². The number of hydrogen-bond acceptors (Lipinski definition) is 6. The maximum atomic E-state index is 6.00. The molecule has 0 aliphatic heterocycles. The average Bonchev–Trinajstić information content (AvgIpc) is 2.76. The van der Waals surface area contributed by atoms with Crippen molar-refractivity contribution in [1.82, 2.24) is 15.0 Å². The lowest BCUT2D eigenvalue weighted by molar-refractivity contribution is 0.479. The van der Waals surface area contributed by atoms with Crippen LogP contribution in [0.4, 0.5) is 11.8 Å². The maximum Gasteiger partial charge on any atom is 0.224 e. The Morgan fingerprint density at radius 1 is 1.28 bits per heavy atom. The van der Waals surface area contributed by atoms with Crippen molar-refractivity contribution in [1.29, 1.82) is 0 Å². The summed E-state index contributed by atoms with van der Waals surface area (Å²) in [6.45, 7) is 4.99. The highest BCUT2D eigenvalue weighted by atomic mass is 35.5. The largest absolute Gasteiger partial charge is 0.444 e. The van der Waals surface area contributed by atoms with E-state index in [4.69, 9.17) is 16.0 Å². The quantitative estimate of drug-likeness (QED) is 0.867. The van der Waals surface area contributed by atoms with Gasteiger partial charge in [-0.05, 0) is 13.8 Å². The summed E-state index contributed by atoms with van der Waals surface area (Å²) in [5.41, 5.74) is 0. The lowest BCUT2D eigenvalue weighted by Crippen LogP contribution is -2.07. The Labute approximate surface area is 110 Å². The van der Waals surface area contributed by atoms with Gasteiger partial charge in [0.05, 0.1) is 18.9 Å². The van der Waals surface area contributed by atoms with Crippen LogP contribution in [-0.2, 0) is 6.54 Å². The van der Waals surface area contributed by atoms with E-state index in [1.807, 2.05) is 13.8 Å². The molecule has 2 aromatic heterocycles. The van der Waals surface area contributed by atoms with Crippen LogP contribution in [0.2, 0.25) is 5.02 Å². The average molecular weight is 268 g/mol. The van der Waals surface area contributed by atoms with Crippen LogP contribution >= 0.6 is 11.6 Å². The molecule has 96 valence electrons. The van der Waals surface area contributed by atoms with Crippen molar-refractivity contribution in [3.63, 3.8) is 0 Å². The van der Waals surface area contributed by atoms with Gasteiger partial charge in [0.15, 0.2) is 5.82 Å². The molecule has 0 fully saturated rings. The van der Waals surface area contributed by atoms with Crippen molar-refractivity contribution < 1.29 is 4.42 Å². The molecule has 6 nitrogen and oxygen atoms in total. The molecular formula is C11H14ClN5O. The standard InChI is InChI=1S/C11H14ClN5O/c1-3-13-11-16-5-8(12)10(17-11)15-6-9-14-4-7(2)18-9/h4-5H,3,6H2,1-2H3,(H2,13,15,16,17). The Hall–Kier alpha value is -1.82. The number of oxazole rings is 1. The number of anilines is 2. The molecule has 0 aliphatic rings. The first-order valence-corrected chi connectivity index (χ1v) is 5.98. The van der Waals surface area contributed by atoms with Gasteiger partial charge in [0.2, 0.25) is 11.8 Å². The van der Waals surface area contributed by atoms with Crippen LogP contribution in [0.1, 0.15) is 18.6 Å². The molecular weight excluding hydrogens is 254 g/mol. The molecule has 0 amide bonds. The summed E-state index contributed by atoms with van der Waals surface area (Å²) >= 11 is 6.00. The van der Waals surface area contributed by atoms with Crippen molar-refractivity contribution >= 4 is 23.4 Å². The normalized spacial score (nSPS) is 10.4. The molecule has 2 heterocycles. The van der Waals surface area contributed by atoms with Crippen molar-refractivity contribution in [3.8, 4) is 0 Å². The fourth-order valence-electron chi connectivity index (χ4n) is 1.38. The van der Waals surface area contributed by atoms with Gasteiger partial charge in [-0.3, -0.25) is 0 Å². The molecule has 0 radical (unpaired) electrons. The van der Waals surface area contributed by atoms with Crippen LogP contribution in [0, 0.1) is 6.92 Å². The smallest absolute Gasteiger partial charge is 0.224 e. The second-order valence-electron chi connectivity index (χ2n) is 3.64. The van der Waals surface area contributed by atoms with E-state index >= 15 is 0 Å². The first-order chi connectivity index (χ1) is 8.69. The van der Waals surface area contributed by atoms with Crippen molar-refractivity contribution in [2.24, 2.45) is 0 Å². The lowest BCUT2D eigenvalue weighted by atomic mass is 10.5. The minimum Gasteiger partial charge on any atom is -0.444 e. The first kappa shape index (κ1) is 12.6. The van der Waals surface area contributed by atoms with Gasteiger partial charge in [0.25, 0.3) is 0 Å². The number of hydrogen-bond donors (Lipinski definition) is 2. The predicted molar refractivity (Wildman–Crippen MR) is 69.8 cm³/mol. The van der Waals surface area contributed by atoms with E-state index in [-0.39, 0.29) is 0 Å². The molecule has 2 N–H and O–H groups in total. The van der Waals surface area contributed by atoms with Crippen LogP contribution < -0.4 is 10.6 Å². The molecule has 2 rings (SSSR count). The van der Waals surface area contributed by atoms with Gasteiger partial charge in [-0.15, -0.1) is 0 Å². The molecule has 0 aliphatic carbocycles. The van der Waals surface area contributed by atoms with Gasteiger partial charge < -0.3 is 15.1 Å². The van der Waals surface area contributed by atoms with E-state index in [0.717, 1.165) is 12.3 Å². The Kier molecular flexibility index (Phi) is 3.99. The Bertz CT molecular complexity index is 528. The summed E-state index contributed by atoms with van der Waals surface area (Å²) in [7, 11) is 0. The Morgan fingerprint density at radius 3 is 2.78 bits per heavy atom. The van der Waals surface area contributed by atoms with Gasteiger partial charge in [-0.25, -0.2) is 9.97 Å². The number of nitrogens with zero attached hydrogens (tertiary/aromatic N) is 3. The molecule has 0 atom stereocenters. The molecule has 0 spiro atoms. The monoisotopic (exact) mass is 267 g/mol. The lowest BCUT2D eigenvalue weighted by Gasteiger charge is -2.07. The van der Waals surface area contributed by atoms with Crippen LogP contribution in [0.15, 0.2) is 16.8 Å². The van der Waals surface area contributed by atoms with E-state index < -0.39 is 0 Å². The number of nitrogens with one attached hydrogen (secondary N) is 2. The van der Waals surface area contributed by atoms with Crippen molar-refractivity contribution in [2.75, 3.05) is 17.2 Å². The fraction of sp³-hybridized carbons (Fsp3) is 0.364. The third-order valence-electron chi connectivity index (χ3n) is 2.16. The Balaban J connectivity index is 2.05. The summed E-state index contributed by atoms with van der Waals surface area (Å²) < 4.78 is 5.35. The van der Waals surface area contributed by atoms with Crippen molar-refractivity contribution in [2.45, 2.75) is 20.4 Å². The van der Waals surface area contributed by atoms with E-state index in [1.54, 1.807) is 12.4 Å². The maximum absolute atomic E-state index is 6.00. The molecule has 2 aromatic rings. The highest BCUT2D eigenvalue weighted by Gasteiger charge is 2.06. The van der Waals surface area contributed by atoms with E-state index in [0.29, 0.717) is 29.2 Å². The zero-order valence-electron chi connectivity index (χ0n) is 10.2. The summed E-state index contributed by atoms with van der Waals surface area (Å²) in [6.07, 6.45) is 3.22. The molecule has 0 aromatic carbocycles. The SMILES string of the molecule is CCNc1ncc(Cl)c(NCc2ncc(C)o2)n1. The minimum absolute atomic E-state index is 0.427. The van der Waals surface area contributed by atoms with Crippen LogP contribution in [0.25, 0.3) is 0 Å². The second-order valence-corrected chi connectivity index (χ2v) is 4.05. The molecule has 0 saturated heterocycles. The molecule has 0 saturated carbocycles. The molecule has 0 bridgehead atoms. The molecule has 0 unspecified atom stereocenters. The number of halogens is 1. The third-order valence-corrected chi connectivity index (χ3v) is 2.43. The Morgan fingerprint density at radius 2 is 2.11 bits per heavy atom. The topological polar surface area (TPSA) is 75.9 Å². The van der Waals surface area contributed by atoms with Gasteiger partial charge >= 0.3 is 0 Å². The van der Waals surface area contributed by atoms with Gasteiger partial charge in [0.1, 0.15) is 10.8 Å². The number of rotatable bonds is 5. The summed E-state index contributed by atoms with van der Waals surface area (Å²) in [5, 5.41) is 6.54. The highest BCUT2D eigenvalue weighted by Crippen LogP contribution is 2.20. The van der Waals surface area contributed by atoms with E-state index in [1.165, 1.54) is 0 Å². The predicted octanol–water partition coefficient (Wildman–Crippen LogP) is 2.47. The molecule has 7 heteroatoms. The summed E-state index contributed by atoms with van der Waals surface area (Å²) in [5.74, 6) is 2.45. The molecule has 18 heavy (non-hydrogen) atoms. The second kappa shape index (κ2) is 5.68. The third kappa shape index (κ3) is 3.10. The van der Waals surface area contributed by atoms with E-state index in [2.05, 4.69) is 25.6 Å². The van der Waals surface area contributed by atoms with Crippen LogP contribution in [0.5, 0.6) is 0 Å². The fourth-order valence-corrected chi connectivity index (χ4v) is 1.53. The van der Waals surface area contributed by atoms with Crippen LogP contribution in [-0.4, -0.2) is 21.5 Å². The van der Waals surface area contributed by atoms with E-state index in [9.17, 15) is 0 Å². The van der Waals surface area contributed by atoms with Gasteiger partial charge in [0, 0.05) is 6.54 Å². The van der Waals surface area contributed by atoms with Crippen LogP contribution in [0.3, 0.4) is 0 Å². The summed E-state index contributed by atoms with van der Waals surface area (Å²) in [6, 6.07) is 0. The number of aryl methyl sites for hydroxylation is 1.